The summed E-state index contributed by atoms with van der Waals surface area (Å²) in [7, 11) is 0. The molecule has 1 aliphatic rings. The zero-order chi connectivity index (χ0) is 17.2. The van der Waals surface area contributed by atoms with Gasteiger partial charge in [0.05, 0.1) is 11.0 Å². The van der Waals surface area contributed by atoms with Crippen molar-refractivity contribution in [2.45, 2.75) is 38.0 Å². The summed E-state index contributed by atoms with van der Waals surface area (Å²) in [5.74, 6) is 0.951. The molecular weight excluding hydrogens is 317 g/mol. The SMILES string of the molecule is O=C(Nc1ccc2nc(C3CCCCC3)[nH]c2c1)c1ccc(F)cc1. The monoisotopic (exact) mass is 337 g/mol. The molecule has 25 heavy (non-hydrogen) atoms. The fraction of sp³-hybridized carbons (Fsp3) is 0.300. The van der Waals surface area contributed by atoms with Gasteiger partial charge < -0.3 is 10.3 Å². The van der Waals surface area contributed by atoms with Gasteiger partial charge in [0, 0.05) is 17.2 Å². The van der Waals surface area contributed by atoms with Crippen molar-refractivity contribution in [2.75, 3.05) is 5.32 Å². The zero-order valence-corrected chi connectivity index (χ0v) is 13.9. The summed E-state index contributed by atoms with van der Waals surface area (Å²) in [6.07, 6.45) is 6.22. The molecule has 0 unspecified atom stereocenters. The van der Waals surface area contributed by atoms with E-state index in [0.717, 1.165) is 16.9 Å². The van der Waals surface area contributed by atoms with Crippen LogP contribution in [-0.4, -0.2) is 15.9 Å². The molecule has 0 radical (unpaired) electrons. The van der Waals surface area contributed by atoms with Crippen molar-refractivity contribution in [2.24, 2.45) is 0 Å². The van der Waals surface area contributed by atoms with Gasteiger partial charge in [0.2, 0.25) is 0 Å². The van der Waals surface area contributed by atoms with Crippen LogP contribution in [0.2, 0.25) is 0 Å². The highest BCUT2D eigenvalue weighted by atomic mass is 19.1. The van der Waals surface area contributed by atoms with Gasteiger partial charge in [-0.25, -0.2) is 9.37 Å². The Morgan fingerprint density at radius 3 is 2.60 bits per heavy atom. The van der Waals surface area contributed by atoms with Crippen LogP contribution in [-0.2, 0) is 0 Å². The number of nitrogens with zero attached hydrogens (tertiary/aromatic N) is 1. The highest BCUT2D eigenvalue weighted by Crippen LogP contribution is 2.32. The molecule has 1 heterocycles. The highest BCUT2D eigenvalue weighted by molar-refractivity contribution is 6.04. The predicted octanol–water partition coefficient (Wildman–Crippen LogP) is 5.00. The first-order chi connectivity index (χ1) is 12.2. The standard InChI is InChI=1S/C20H20FN3O/c21-15-8-6-14(7-9-15)20(25)22-16-10-11-17-18(12-16)24-19(23-17)13-4-2-1-3-5-13/h6-13H,1-5H2,(H,22,25)(H,23,24). The Bertz CT molecular complexity index is 895. The minimum absolute atomic E-state index is 0.258. The summed E-state index contributed by atoms with van der Waals surface area (Å²) in [4.78, 5) is 20.4. The number of aromatic nitrogens is 2. The van der Waals surface area contributed by atoms with E-state index in [4.69, 9.17) is 4.98 Å². The van der Waals surface area contributed by atoms with Crippen LogP contribution in [0.3, 0.4) is 0 Å². The quantitative estimate of drug-likeness (QED) is 0.706. The maximum Gasteiger partial charge on any atom is 0.255 e. The average molecular weight is 337 g/mol. The minimum Gasteiger partial charge on any atom is -0.342 e. The number of benzene rings is 2. The average Bonchev–Trinajstić information content (AvgIpc) is 3.06. The first-order valence-corrected chi connectivity index (χ1v) is 8.75. The van der Waals surface area contributed by atoms with Crippen LogP contribution in [0.15, 0.2) is 42.5 Å². The van der Waals surface area contributed by atoms with Gasteiger partial charge in [-0.3, -0.25) is 4.79 Å². The fourth-order valence-electron chi connectivity index (χ4n) is 3.48. The lowest BCUT2D eigenvalue weighted by Gasteiger charge is -2.18. The van der Waals surface area contributed by atoms with Crippen LogP contribution in [0.25, 0.3) is 11.0 Å². The fourth-order valence-corrected chi connectivity index (χ4v) is 3.48. The van der Waals surface area contributed by atoms with Crippen LogP contribution in [0.5, 0.6) is 0 Å². The minimum atomic E-state index is -0.356. The van der Waals surface area contributed by atoms with Crippen LogP contribution >= 0.6 is 0 Å². The Morgan fingerprint density at radius 1 is 1.08 bits per heavy atom. The molecule has 0 spiro atoms. The Kier molecular flexibility index (Phi) is 4.22. The van der Waals surface area contributed by atoms with E-state index >= 15 is 0 Å². The van der Waals surface area contributed by atoms with Crippen LogP contribution in [0.1, 0.15) is 54.2 Å². The summed E-state index contributed by atoms with van der Waals surface area (Å²) in [6, 6.07) is 11.2. The van der Waals surface area contributed by atoms with Crippen molar-refractivity contribution in [1.29, 1.82) is 0 Å². The second-order valence-electron chi connectivity index (χ2n) is 6.65. The first kappa shape index (κ1) is 15.8. The molecule has 2 aromatic carbocycles. The molecule has 0 aliphatic heterocycles. The summed E-state index contributed by atoms with van der Waals surface area (Å²) in [6.45, 7) is 0. The van der Waals surface area contributed by atoms with Gasteiger partial charge in [-0.15, -0.1) is 0 Å². The van der Waals surface area contributed by atoms with Crippen molar-refractivity contribution in [3.05, 3.63) is 59.7 Å². The zero-order valence-electron chi connectivity index (χ0n) is 13.9. The van der Waals surface area contributed by atoms with E-state index in [1.807, 2.05) is 18.2 Å². The molecule has 4 rings (SSSR count). The highest BCUT2D eigenvalue weighted by Gasteiger charge is 2.19. The Morgan fingerprint density at radius 2 is 1.84 bits per heavy atom. The largest absolute Gasteiger partial charge is 0.342 e. The number of H-pyrrole nitrogens is 1. The topological polar surface area (TPSA) is 57.8 Å². The lowest BCUT2D eigenvalue weighted by atomic mass is 9.89. The van der Waals surface area contributed by atoms with Gasteiger partial charge in [0.25, 0.3) is 5.91 Å². The van der Waals surface area contributed by atoms with Gasteiger partial charge >= 0.3 is 0 Å². The van der Waals surface area contributed by atoms with Crippen LogP contribution < -0.4 is 5.32 Å². The number of nitrogens with one attached hydrogen (secondary N) is 2. The molecule has 0 saturated heterocycles. The molecule has 4 nitrogen and oxygen atoms in total. The molecule has 0 bridgehead atoms. The second-order valence-corrected chi connectivity index (χ2v) is 6.65. The lowest BCUT2D eigenvalue weighted by molar-refractivity contribution is 0.102. The number of amides is 1. The van der Waals surface area contributed by atoms with E-state index in [0.29, 0.717) is 17.2 Å². The number of aromatic amines is 1. The Labute approximate surface area is 145 Å². The third kappa shape index (κ3) is 3.40. The van der Waals surface area contributed by atoms with E-state index < -0.39 is 0 Å². The van der Waals surface area contributed by atoms with Crippen molar-refractivity contribution in [3.8, 4) is 0 Å². The second kappa shape index (κ2) is 6.67. The first-order valence-electron chi connectivity index (χ1n) is 8.75. The van der Waals surface area contributed by atoms with Crippen molar-refractivity contribution >= 4 is 22.6 Å². The van der Waals surface area contributed by atoms with Gasteiger partial charge in [-0.2, -0.15) is 0 Å². The van der Waals surface area contributed by atoms with Crippen molar-refractivity contribution in [3.63, 3.8) is 0 Å². The number of halogens is 1. The molecule has 2 N–H and O–H groups in total. The van der Waals surface area contributed by atoms with Gasteiger partial charge in [-0.1, -0.05) is 19.3 Å². The third-order valence-corrected chi connectivity index (χ3v) is 4.86. The van der Waals surface area contributed by atoms with E-state index in [1.165, 1.54) is 56.4 Å². The van der Waals surface area contributed by atoms with E-state index in [-0.39, 0.29) is 11.7 Å². The predicted molar refractivity (Wildman–Crippen MR) is 96.3 cm³/mol. The smallest absolute Gasteiger partial charge is 0.255 e. The number of carbonyl (C=O) groups excluding carboxylic acids is 1. The van der Waals surface area contributed by atoms with Crippen LogP contribution in [0, 0.1) is 5.82 Å². The lowest BCUT2D eigenvalue weighted by Crippen LogP contribution is -2.11. The summed E-state index contributed by atoms with van der Waals surface area (Å²) in [5, 5.41) is 2.85. The number of anilines is 1. The number of imidazole rings is 1. The molecule has 5 heteroatoms. The van der Waals surface area contributed by atoms with Gasteiger partial charge in [-0.05, 0) is 55.3 Å². The molecule has 0 atom stereocenters. The number of hydrogen-bond donors (Lipinski definition) is 2. The summed E-state index contributed by atoms with van der Waals surface area (Å²) in [5.41, 5.74) is 2.97. The molecular formula is C20H20FN3O. The number of carbonyl (C=O) groups is 1. The van der Waals surface area contributed by atoms with Crippen molar-refractivity contribution in [1.82, 2.24) is 9.97 Å². The van der Waals surface area contributed by atoms with Crippen molar-refractivity contribution < 1.29 is 9.18 Å². The molecule has 3 aromatic rings. The molecule has 1 amide bonds. The summed E-state index contributed by atoms with van der Waals surface area (Å²) < 4.78 is 13.0. The normalized spacial score (nSPS) is 15.4. The summed E-state index contributed by atoms with van der Waals surface area (Å²) >= 11 is 0. The Balaban J connectivity index is 1.54. The molecule has 1 saturated carbocycles. The third-order valence-electron chi connectivity index (χ3n) is 4.86. The van der Waals surface area contributed by atoms with Gasteiger partial charge in [0.15, 0.2) is 0 Å². The number of fused-ring (bicyclic) bond motifs is 1. The molecule has 1 aliphatic carbocycles. The molecule has 128 valence electrons. The number of rotatable bonds is 3. The Hall–Kier alpha value is -2.69. The molecule has 1 fully saturated rings. The maximum atomic E-state index is 13.0. The van der Waals surface area contributed by atoms with E-state index in [2.05, 4.69) is 10.3 Å². The number of hydrogen-bond acceptors (Lipinski definition) is 2. The van der Waals surface area contributed by atoms with E-state index in [1.54, 1.807) is 0 Å². The maximum absolute atomic E-state index is 13.0. The molecule has 1 aromatic heterocycles. The van der Waals surface area contributed by atoms with Gasteiger partial charge in [0.1, 0.15) is 11.6 Å². The van der Waals surface area contributed by atoms with Crippen LogP contribution in [0.4, 0.5) is 10.1 Å². The van der Waals surface area contributed by atoms with E-state index in [9.17, 15) is 9.18 Å².